The SMILES string of the molecule is CC(C)(N)C(=O)Cc1ccc(Cl)c(Cl)c1. The summed E-state index contributed by atoms with van der Waals surface area (Å²) >= 11 is 11.6. The molecule has 0 aliphatic rings. The minimum Gasteiger partial charge on any atom is -0.319 e. The zero-order chi connectivity index (χ0) is 11.6. The molecule has 0 spiro atoms. The van der Waals surface area contributed by atoms with E-state index in [-0.39, 0.29) is 12.2 Å². The first-order valence-electron chi connectivity index (χ1n) is 4.57. The lowest BCUT2D eigenvalue weighted by Gasteiger charge is -2.16. The Balaban J connectivity index is 2.83. The summed E-state index contributed by atoms with van der Waals surface area (Å²) in [5, 5.41) is 0.941. The highest BCUT2D eigenvalue weighted by Gasteiger charge is 2.21. The first-order chi connectivity index (χ1) is 6.80. The molecule has 0 aliphatic carbocycles. The normalized spacial score (nSPS) is 11.5. The number of Topliss-reactive ketones (excluding diaryl/α,β-unsaturated/α-hetero) is 1. The molecule has 0 fully saturated rings. The number of ketones is 1. The fourth-order valence-corrected chi connectivity index (χ4v) is 1.38. The summed E-state index contributed by atoms with van der Waals surface area (Å²) in [6.45, 7) is 3.37. The zero-order valence-electron chi connectivity index (χ0n) is 8.68. The molecule has 0 radical (unpaired) electrons. The molecule has 2 nitrogen and oxygen atoms in total. The lowest BCUT2D eigenvalue weighted by atomic mass is 9.95. The van der Waals surface area contributed by atoms with E-state index in [2.05, 4.69) is 0 Å². The van der Waals surface area contributed by atoms with E-state index in [0.717, 1.165) is 5.56 Å². The molecule has 0 heterocycles. The molecule has 1 rings (SSSR count). The van der Waals surface area contributed by atoms with Crippen molar-refractivity contribution in [3.8, 4) is 0 Å². The molecule has 1 aromatic carbocycles. The Bertz CT molecular complexity index is 383. The third-order valence-corrected chi connectivity index (χ3v) is 2.81. The molecule has 0 aromatic heterocycles. The second-order valence-electron chi connectivity index (χ2n) is 4.07. The molecule has 0 aliphatic heterocycles. The van der Waals surface area contributed by atoms with E-state index in [0.29, 0.717) is 10.0 Å². The Morgan fingerprint density at radius 2 is 1.93 bits per heavy atom. The quantitative estimate of drug-likeness (QED) is 0.891. The number of hydrogen-bond donors (Lipinski definition) is 1. The van der Waals surface area contributed by atoms with Crippen molar-refractivity contribution >= 4 is 29.0 Å². The Labute approximate surface area is 99.4 Å². The minimum absolute atomic E-state index is 0.0270. The number of benzene rings is 1. The van der Waals surface area contributed by atoms with Gasteiger partial charge in [-0.1, -0.05) is 29.3 Å². The van der Waals surface area contributed by atoms with E-state index in [4.69, 9.17) is 28.9 Å². The second-order valence-corrected chi connectivity index (χ2v) is 4.88. The predicted molar refractivity (Wildman–Crippen MR) is 63.4 cm³/mol. The Morgan fingerprint density at radius 3 is 2.40 bits per heavy atom. The van der Waals surface area contributed by atoms with Crippen LogP contribution in [-0.2, 0) is 11.2 Å². The van der Waals surface area contributed by atoms with Crippen LogP contribution in [0.5, 0.6) is 0 Å². The van der Waals surface area contributed by atoms with Gasteiger partial charge in [0.15, 0.2) is 5.78 Å². The van der Waals surface area contributed by atoms with Gasteiger partial charge in [0.1, 0.15) is 0 Å². The highest BCUT2D eigenvalue weighted by atomic mass is 35.5. The van der Waals surface area contributed by atoms with Crippen LogP contribution in [0, 0.1) is 0 Å². The third-order valence-electron chi connectivity index (χ3n) is 2.07. The van der Waals surface area contributed by atoms with Crippen molar-refractivity contribution < 1.29 is 4.79 Å². The van der Waals surface area contributed by atoms with Crippen molar-refractivity contribution in [2.75, 3.05) is 0 Å². The molecular weight excluding hydrogens is 233 g/mol. The molecule has 15 heavy (non-hydrogen) atoms. The van der Waals surface area contributed by atoms with Crippen LogP contribution in [0.2, 0.25) is 10.0 Å². The van der Waals surface area contributed by atoms with E-state index in [1.165, 1.54) is 0 Å². The van der Waals surface area contributed by atoms with E-state index in [1.54, 1.807) is 32.0 Å². The number of hydrogen-bond acceptors (Lipinski definition) is 2. The van der Waals surface area contributed by atoms with Crippen molar-refractivity contribution in [2.45, 2.75) is 25.8 Å². The molecule has 0 amide bonds. The Morgan fingerprint density at radius 1 is 1.33 bits per heavy atom. The van der Waals surface area contributed by atoms with Crippen molar-refractivity contribution in [1.29, 1.82) is 0 Å². The number of carbonyl (C=O) groups excluding carboxylic acids is 1. The highest BCUT2D eigenvalue weighted by Crippen LogP contribution is 2.23. The molecule has 0 saturated carbocycles. The molecule has 0 saturated heterocycles. The first kappa shape index (κ1) is 12.5. The van der Waals surface area contributed by atoms with Crippen LogP contribution in [0.15, 0.2) is 18.2 Å². The van der Waals surface area contributed by atoms with Gasteiger partial charge in [0, 0.05) is 6.42 Å². The van der Waals surface area contributed by atoms with Gasteiger partial charge in [-0.05, 0) is 31.5 Å². The van der Waals surface area contributed by atoms with Gasteiger partial charge in [-0.3, -0.25) is 4.79 Å². The summed E-state index contributed by atoms with van der Waals surface area (Å²) < 4.78 is 0. The van der Waals surface area contributed by atoms with Gasteiger partial charge in [-0.15, -0.1) is 0 Å². The summed E-state index contributed by atoms with van der Waals surface area (Å²) in [4.78, 5) is 11.6. The summed E-state index contributed by atoms with van der Waals surface area (Å²) in [5.74, 6) is -0.0270. The van der Waals surface area contributed by atoms with Gasteiger partial charge in [0.2, 0.25) is 0 Å². The van der Waals surface area contributed by atoms with Gasteiger partial charge in [0.25, 0.3) is 0 Å². The third kappa shape index (κ3) is 3.49. The van der Waals surface area contributed by atoms with Crippen LogP contribution in [-0.4, -0.2) is 11.3 Å². The molecule has 0 bridgehead atoms. The maximum absolute atomic E-state index is 11.6. The molecule has 82 valence electrons. The maximum Gasteiger partial charge on any atom is 0.156 e. The molecule has 4 heteroatoms. The molecule has 0 unspecified atom stereocenters. The van der Waals surface area contributed by atoms with Gasteiger partial charge in [0.05, 0.1) is 15.6 Å². The monoisotopic (exact) mass is 245 g/mol. The van der Waals surface area contributed by atoms with Gasteiger partial charge in [-0.25, -0.2) is 0 Å². The summed E-state index contributed by atoms with van der Waals surface area (Å²) in [6, 6.07) is 5.14. The summed E-state index contributed by atoms with van der Waals surface area (Å²) in [7, 11) is 0. The van der Waals surface area contributed by atoms with E-state index in [9.17, 15) is 4.79 Å². The van der Waals surface area contributed by atoms with Crippen LogP contribution in [0.4, 0.5) is 0 Å². The number of halogens is 2. The summed E-state index contributed by atoms with van der Waals surface area (Å²) in [5.41, 5.74) is 5.70. The van der Waals surface area contributed by atoms with Gasteiger partial charge in [-0.2, -0.15) is 0 Å². The second kappa shape index (κ2) is 4.52. The van der Waals surface area contributed by atoms with Crippen LogP contribution in [0.3, 0.4) is 0 Å². The fraction of sp³-hybridized carbons (Fsp3) is 0.364. The molecular formula is C11H13Cl2NO. The molecule has 0 atom stereocenters. The van der Waals surface area contributed by atoms with E-state index >= 15 is 0 Å². The van der Waals surface area contributed by atoms with Crippen molar-refractivity contribution in [3.05, 3.63) is 33.8 Å². The van der Waals surface area contributed by atoms with E-state index < -0.39 is 5.54 Å². The largest absolute Gasteiger partial charge is 0.319 e. The molecule has 2 N–H and O–H groups in total. The van der Waals surface area contributed by atoms with Crippen LogP contribution in [0.1, 0.15) is 19.4 Å². The van der Waals surface area contributed by atoms with E-state index in [1.807, 2.05) is 0 Å². The molecule has 1 aromatic rings. The topological polar surface area (TPSA) is 43.1 Å². The number of rotatable bonds is 3. The van der Waals surface area contributed by atoms with Crippen LogP contribution < -0.4 is 5.73 Å². The lowest BCUT2D eigenvalue weighted by Crippen LogP contribution is -2.42. The van der Waals surface area contributed by atoms with Crippen molar-refractivity contribution in [3.63, 3.8) is 0 Å². The average molecular weight is 246 g/mol. The highest BCUT2D eigenvalue weighted by molar-refractivity contribution is 6.42. The summed E-state index contributed by atoms with van der Waals surface area (Å²) in [6.07, 6.45) is 0.278. The van der Waals surface area contributed by atoms with Crippen LogP contribution in [0.25, 0.3) is 0 Å². The Kier molecular flexibility index (Phi) is 3.77. The van der Waals surface area contributed by atoms with Gasteiger partial charge >= 0.3 is 0 Å². The lowest BCUT2D eigenvalue weighted by molar-refractivity contribution is -0.122. The maximum atomic E-state index is 11.6. The predicted octanol–water partition coefficient (Wildman–Crippen LogP) is 2.84. The standard InChI is InChI=1S/C11H13Cl2NO/c1-11(2,14)10(15)6-7-3-4-8(12)9(13)5-7/h3-5H,6,14H2,1-2H3. The number of nitrogens with two attached hydrogens (primary N) is 1. The average Bonchev–Trinajstić information content (AvgIpc) is 2.10. The smallest absolute Gasteiger partial charge is 0.156 e. The van der Waals surface area contributed by atoms with Crippen molar-refractivity contribution in [1.82, 2.24) is 0 Å². The fourth-order valence-electron chi connectivity index (χ4n) is 1.06. The zero-order valence-corrected chi connectivity index (χ0v) is 10.2. The first-order valence-corrected chi connectivity index (χ1v) is 5.32. The number of carbonyl (C=O) groups is 1. The van der Waals surface area contributed by atoms with Gasteiger partial charge < -0.3 is 5.73 Å². The Hall–Kier alpha value is -0.570. The van der Waals surface area contributed by atoms with Crippen LogP contribution >= 0.6 is 23.2 Å². The van der Waals surface area contributed by atoms with Crippen molar-refractivity contribution in [2.24, 2.45) is 5.73 Å². The minimum atomic E-state index is -0.813.